The van der Waals surface area contributed by atoms with Crippen LogP contribution in [0, 0.1) is 3.57 Å². The van der Waals surface area contributed by atoms with Crippen molar-refractivity contribution in [1.82, 2.24) is 9.78 Å². The van der Waals surface area contributed by atoms with Crippen LogP contribution < -0.4 is 0 Å². The molecule has 0 amide bonds. The van der Waals surface area contributed by atoms with Crippen molar-refractivity contribution in [2.75, 3.05) is 0 Å². The number of carbonyl (C=O) groups is 1. The smallest absolute Gasteiger partial charge is 0.169 e. The molecule has 0 atom stereocenters. The van der Waals surface area contributed by atoms with Gasteiger partial charge in [-0.1, -0.05) is 44.2 Å². The Morgan fingerprint density at radius 1 is 1.33 bits per heavy atom. The Labute approximate surface area is 120 Å². The minimum atomic E-state index is 0.327. The molecule has 0 unspecified atom stereocenters. The van der Waals surface area contributed by atoms with Gasteiger partial charge in [-0.2, -0.15) is 5.10 Å². The van der Waals surface area contributed by atoms with Gasteiger partial charge in [-0.3, -0.25) is 9.48 Å². The van der Waals surface area contributed by atoms with Gasteiger partial charge in [-0.25, -0.2) is 0 Å². The first-order chi connectivity index (χ1) is 8.63. The van der Waals surface area contributed by atoms with E-state index in [2.05, 4.69) is 41.5 Å². The number of aldehydes is 1. The second kappa shape index (κ2) is 5.65. The lowest BCUT2D eigenvalue weighted by molar-refractivity contribution is 0.111. The average molecular weight is 354 g/mol. The number of aromatic nitrogens is 2. The van der Waals surface area contributed by atoms with E-state index in [1.165, 1.54) is 0 Å². The maximum atomic E-state index is 11.2. The largest absolute Gasteiger partial charge is 0.296 e. The topological polar surface area (TPSA) is 34.9 Å². The van der Waals surface area contributed by atoms with Crippen molar-refractivity contribution in [3.8, 4) is 0 Å². The predicted molar refractivity (Wildman–Crippen MR) is 80.0 cm³/mol. The average Bonchev–Trinajstić information content (AvgIpc) is 2.67. The highest BCUT2D eigenvalue weighted by atomic mass is 127. The van der Waals surface area contributed by atoms with Gasteiger partial charge in [0.25, 0.3) is 0 Å². The summed E-state index contributed by atoms with van der Waals surface area (Å²) in [6.07, 6.45) is 0.892. The van der Waals surface area contributed by atoms with Crippen LogP contribution >= 0.6 is 22.6 Å². The lowest BCUT2D eigenvalue weighted by Gasteiger charge is -2.03. The summed E-state index contributed by atoms with van der Waals surface area (Å²) in [5, 5.41) is 4.55. The van der Waals surface area contributed by atoms with Crippen molar-refractivity contribution < 1.29 is 4.79 Å². The Morgan fingerprint density at radius 2 is 2.00 bits per heavy atom. The van der Waals surface area contributed by atoms with Crippen molar-refractivity contribution in [2.24, 2.45) is 0 Å². The molecule has 18 heavy (non-hydrogen) atoms. The van der Waals surface area contributed by atoms with E-state index in [-0.39, 0.29) is 0 Å². The second-order valence-corrected chi connectivity index (χ2v) is 5.58. The summed E-state index contributed by atoms with van der Waals surface area (Å²) in [6, 6.07) is 10.0. The first-order valence-electron chi connectivity index (χ1n) is 5.88. The molecule has 4 heteroatoms. The molecule has 94 valence electrons. The minimum absolute atomic E-state index is 0.327. The molecule has 1 aromatic heterocycles. The lowest BCUT2D eigenvalue weighted by atomic mass is 10.1. The van der Waals surface area contributed by atoms with Gasteiger partial charge in [0.1, 0.15) is 5.69 Å². The zero-order chi connectivity index (χ0) is 13.1. The van der Waals surface area contributed by atoms with Crippen LogP contribution in [0.15, 0.2) is 30.3 Å². The second-order valence-electron chi connectivity index (χ2n) is 4.50. The molecule has 1 aromatic carbocycles. The molecule has 1 heterocycles. The molecule has 0 aliphatic carbocycles. The number of rotatable bonds is 4. The van der Waals surface area contributed by atoms with Crippen LogP contribution in [0.3, 0.4) is 0 Å². The third-order valence-corrected chi connectivity index (χ3v) is 3.90. The molecule has 0 saturated carbocycles. The van der Waals surface area contributed by atoms with E-state index in [1.807, 2.05) is 30.3 Å². The summed E-state index contributed by atoms with van der Waals surface area (Å²) in [6.45, 7) is 4.81. The van der Waals surface area contributed by atoms with Crippen LogP contribution in [-0.4, -0.2) is 16.1 Å². The molecule has 0 aliphatic heterocycles. The Balaban J connectivity index is 2.39. The zero-order valence-corrected chi connectivity index (χ0v) is 12.6. The van der Waals surface area contributed by atoms with Crippen molar-refractivity contribution >= 4 is 28.9 Å². The van der Waals surface area contributed by atoms with Crippen LogP contribution in [0.4, 0.5) is 0 Å². The van der Waals surface area contributed by atoms with E-state index in [0.29, 0.717) is 18.2 Å². The normalized spacial score (nSPS) is 10.9. The van der Waals surface area contributed by atoms with Crippen molar-refractivity contribution in [2.45, 2.75) is 26.3 Å². The highest BCUT2D eigenvalue weighted by Crippen LogP contribution is 2.23. The Kier molecular flexibility index (Phi) is 4.16. The van der Waals surface area contributed by atoms with Gasteiger partial charge >= 0.3 is 0 Å². The molecule has 0 saturated heterocycles. The fourth-order valence-electron chi connectivity index (χ4n) is 1.83. The number of hydrogen-bond donors (Lipinski definition) is 0. The van der Waals surface area contributed by atoms with Crippen molar-refractivity contribution in [3.05, 3.63) is 50.9 Å². The number of nitrogens with zero attached hydrogens (tertiary/aromatic N) is 2. The molecule has 0 aliphatic rings. The summed E-state index contributed by atoms with van der Waals surface area (Å²) in [5.41, 5.74) is 2.81. The molecule has 2 rings (SSSR count). The summed E-state index contributed by atoms with van der Waals surface area (Å²) < 4.78 is 2.76. The zero-order valence-electron chi connectivity index (χ0n) is 10.4. The van der Waals surface area contributed by atoms with Gasteiger partial charge in [0, 0.05) is 0 Å². The fraction of sp³-hybridized carbons (Fsp3) is 0.286. The van der Waals surface area contributed by atoms with Crippen LogP contribution in [0.5, 0.6) is 0 Å². The monoisotopic (exact) mass is 354 g/mol. The highest BCUT2D eigenvalue weighted by Gasteiger charge is 2.17. The van der Waals surface area contributed by atoms with Crippen molar-refractivity contribution in [1.29, 1.82) is 0 Å². The van der Waals surface area contributed by atoms with Crippen LogP contribution in [0.25, 0.3) is 0 Å². The van der Waals surface area contributed by atoms with Gasteiger partial charge in [0.2, 0.25) is 0 Å². The van der Waals surface area contributed by atoms with E-state index >= 15 is 0 Å². The standard InChI is InChI=1S/C14H15IN2O/c1-10(2)14-13(15)12(9-18)17(16-14)8-11-6-4-3-5-7-11/h3-7,9-10H,8H2,1-2H3. The van der Waals surface area contributed by atoms with Gasteiger partial charge in [0.05, 0.1) is 15.8 Å². The van der Waals surface area contributed by atoms with E-state index in [0.717, 1.165) is 21.1 Å². The highest BCUT2D eigenvalue weighted by molar-refractivity contribution is 14.1. The Bertz CT molecular complexity index is 546. The molecule has 0 radical (unpaired) electrons. The van der Waals surface area contributed by atoms with E-state index in [9.17, 15) is 4.79 Å². The molecule has 3 nitrogen and oxygen atoms in total. The molecular formula is C14H15IN2O. The minimum Gasteiger partial charge on any atom is -0.296 e. The first-order valence-corrected chi connectivity index (χ1v) is 6.96. The summed E-state index contributed by atoms with van der Waals surface area (Å²) in [7, 11) is 0. The van der Waals surface area contributed by atoms with Crippen LogP contribution in [0.1, 0.15) is 41.5 Å². The first kappa shape index (κ1) is 13.3. The number of halogens is 1. The van der Waals surface area contributed by atoms with Crippen LogP contribution in [0.2, 0.25) is 0 Å². The van der Waals surface area contributed by atoms with Crippen LogP contribution in [-0.2, 0) is 6.54 Å². The molecule has 0 bridgehead atoms. The molecule has 0 fully saturated rings. The number of benzene rings is 1. The lowest BCUT2D eigenvalue weighted by Crippen LogP contribution is -2.06. The third-order valence-electron chi connectivity index (χ3n) is 2.79. The summed E-state index contributed by atoms with van der Waals surface area (Å²) in [5.74, 6) is 0.327. The van der Waals surface area contributed by atoms with Crippen molar-refractivity contribution in [3.63, 3.8) is 0 Å². The SMILES string of the molecule is CC(C)c1nn(Cc2ccccc2)c(C=O)c1I. The van der Waals surface area contributed by atoms with Gasteiger partial charge in [-0.15, -0.1) is 0 Å². The maximum Gasteiger partial charge on any atom is 0.169 e. The molecular weight excluding hydrogens is 339 g/mol. The Morgan fingerprint density at radius 3 is 2.56 bits per heavy atom. The third kappa shape index (κ3) is 2.63. The summed E-state index contributed by atoms with van der Waals surface area (Å²) >= 11 is 2.21. The molecule has 0 N–H and O–H groups in total. The van der Waals surface area contributed by atoms with Gasteiger partial charge in [-0.05, 0) is 34.1 Å². The predicted octanol–water partition coefficient (Wildman–Crippen LogP) is 3.47. The maximum absolute atomic E-state index is 11.2. The van der Waals surface area contributed by atoms with Gasteiger partial charge < -0.3 is 0 Å². The van der Waals surface area contributed by atoms with Gasteiger partial charge in [0.15, 0.2) is 6.29 Å². The molecule has 2 aromatic rings. The Hall–Kier alpha value is -1.17. The van der Waals surface area contributed by atoms with E-state index < -0.39 is 0 Å². The fourth-order valence-corrected chi connectivity index (χ4v) is 2.97. The summed E-state index contributed by atoms with van der Waals surface area (Å²) in [4.78, 5) is 11.2. The molecule has 0 spiro atoms. The number of carbonyl (C=O) groups excluding carboxylic acids is 1. The quantitative estimate of drug-likeness (QED) is 0.623. The van der Waals surface area contributed by atoms with E-state index in [4.69, 9.17) is 0 Å². The van der Waals surface area contributed by atoms with E-state index in [1.54, 1.807) is 4.68 Å². The number of hydrogen-bond acceptors (Lipinski definition) is 2.